The highest BCUT2D eigenvalue weighted by Gasteiger charge is 2.24. The van der Waals surface area contributed by atoms with Gasteiger partial charge in [-0.25, -0.2) is 12.7 Å². The van der Waals surface area contributed by atoms with E-state index in [2.05, 4.69) is 10.2 Å². The summed E-state index contributed by atoms with van der Waals surface area (Å²) in [6.07, 6.45) is 2.12. The highest BCUT2D eigenvalue weighted by atomic mass is 32.2. The van der Waals surface area contributed by atoms with Crippen LogP contribution in [0.3, 0.4) is 0 Å². The van der Waals surface area contributed by atoms with Crippen molar-refractivity contribution in [1.29, 1.82) is 0 Å². The van der Waals surface area contributed by atoms with Crippen LogP contribution in [0.15, 0.2) is 47.4 Å². The number of nitrogens with zero attached hydrogens (tertiary/aromatic N) is 2. The molecule has 1 aliphatic rings. The van der Waals surface area contributed by atoms with E-state index in [0.29, 0.717) is 18.7 Å². The molecular weight excluding hydrogens is 402 g/mol. The van der Waals surface area contributed by atoms with Crippen LogP contribution in [-0.2, 0) is 10.0 Å². The van der Waals surface area contributed by atoms with E-state index in [0.717, 1.165) is 47.2 Å². The zero-order chi connectivity index (χ0) is 21.7. The van der Waals surface area contributed by atoms with Crippen LogP contribution in [0.4, 0.5) is 5.69 Å². The molecule has 8 heteroatoms. The molecule has 0 spiro atoms. The smallest absolute Gasteiger partial charge is 0.253 e. The van der Waals surface area contributed by atoms with Gasteiger partial charge in [0.15, 0.2) is 0 Å². The van der Waals surface area contributed by atoms with Crippen molar-refractivity contribution in [3.63, 3.8) is 0 Å². The van der Waals surface area contributed by atoms with Gasteiger partial charge < -0.3 is 15.0 Å². The fourth-order valence-corrected chi connectivity index (χ4v) is 4.36. The Labute approximate surface area is 178 Å². The highest BCUT2D eigenvalue weighted by Crippen LogP contribution is 2.28. The number of hydrogen-bond acceptors (Lipinski definition) is 5. The minimum absolute atomic E-state index is 0.108. The number of anilines is 1. The van der Waals surface area contributed by atoms with Crippen LogP contribution in [0.25, 0.3) is 0 Å². The number of aryl methyl sites for hydroxylation is 1. The van der Waals surface area contributed by atoms with E-state index in [-0.39, 0.29) is 10.8 Å². The molecule has 1 N–H and O–H groups in total. The van der Waals surface area contributed by atoms with E-state index in [1.165, 1.54) is 20.2 Å². The second kappa shape index (κ2) is 9.49. The zero-order valence-corrected chi connectivity index (χ0v) is 18.5. The minimum atomic E-state index is -3.63. The number of sulfonamides is 1. The first-order valence-electron chi connectivity index (χ1n) is 10.1. The van der Waals surface area contributed by atoms with Gasteiger partial charge in [-0.15, -0.1) is 0 Å². The van der Waals surface area contributed by atoms with Crippen molar-refractivity contribution in [2.24, 2.45) is 0 Å². The summed E-state index contributed by atoms with van der Waals surface area (Å²) in [5, 5.41) is 2.86. The van der Waals surface area contributed by atoms with Crippen molar-refractivity contribution < 1.29 is 17.9 Å². The molecule has 2 aromatic carbocycles. The van der Waals surface area contributed by atoms with Crippen LogP contribution in [0.5, 0.6) is 5.75 Å². The van der Waals surface area contributed by atoms with Gasteiger partial charge in [0.1, 0.15) is 12.4 Å². The SMILES string of the molecule is Cc1cccc(OCCNC(=O)c2cc(S(=O)(=O)N(C)C)ccc2N2CCCC2)c1. The monoisotopic (exact) mass is 431 g/mol. The molecule has 0 unspecified atom stereocenters. The van der Waals surface area contributed by atoms with Crippen LogP contribution in [0, 0.1) is 6.92 Å². The van der Waals surface area contributed by atoms with E-state index < -0.39 is 10.0 Å². The summed E-state index contributed by atoms with van der Waals surface area (Å²) in [6, 6.07) is 12.5. The molecule has 0 aromatic heterocycles. The number of rotatable bonds is 8. The second-order valence-corrected chi connectivity index (χ2v) is 9.73. The predicted octanol–water partition coefficient (Wildman–Crippen LogP) is 2.65. The van der Waals surface area contributed by atoms with Gasteiger partial charge in [-0.3, -0.25) is 4.79 Å². The molecule has 0 saturated carbocycles. The molecule has 1 fully saturated rings. The third-order valence-corrected chi connectivity index (χ3v) is 6.89. The van der Waals surface area contributed by atoms with Gasteiger partial charge in [0, 0.05) is 32.9 Å². The Hall–Kier alpha value is -2.58. The largest absolute Gasteiger partial charge is 0.492 e. The first kappa shape index (κ1) is 22.1. The molecular formula is C22H29N3O4S. The molecule has 30 heavy (non-hydrogen) atoms. The third kappa shape index (κ3) is 5.12. The van der Waals surface area contributed by atoms with Crippen LogP contribution in [0.1, 0.15) is 28.8 Å². The number of ether oxygens (including phenoxy) is 1. The van der Waals surface area contributed by atoms with E-state index >= 15 is 0 Å². The standard InChI is InChI=1S/C22H29N3O4S/c1-17-7-6-8-18(15-17)29-14-11-23-22(26)20-16-19(30(27,28)24(2)3)9-10-21(20)25-12-4-5-13-25/h6-10,15-16H,4-5,11-14H2,1-3H3,(H,23,26). The van der Waals surface area contributed by atoms with E-state index in [9.17, 15) is 13.2 Å². The van der Waals surface area contributed by atoms with Crippen LogP contribution in [0.2, 0.25) is 0 Å². The number of hydrogen-bond donors (Lipinski definition) is 1. The number of nitrogens with one attached hydrogen (secondary N) is 1. The van der Waals surface area contributed by atoms with E-state index in [1.807, 2.05) is 31.2 Å². The summed E-state index contributed by atoms with van der Waals surface area (Å²) in [7, 11) is -0.672. The third-order valence-electron chi connectivity index (χ3n) is 5.08. The molecule has 0 atom stereocenters. The molecule has 162 valence electrons. The first-order valence-corrected chi connectivity index (χ1v) is 11.5. The summed E-state index contributed by atoms with van der Waals surface area (Å²) >= 11 is 0. The lowest BCUT2D eigenvalue weighted by Gasteiger charge is -2.22. The number of carbonyl (C=O) groups is 1. The lowest BCUT2D eigenvalue weighted by molar-refractivity contribution is 0.0947. The lowest BCUT2D eigenvalue weighted by Crippen LogP contribution is -2.31. The molecule has 7 nitrogen and oxygen atoms in total. The van der Waals surface area contributed by atoms with Crippen molar-refractivity contribution in [2.75, 3.05) is 45.2 Å². The summed E-state index contributed by atoms with van der Waals surface area (Å²) < 4.78 is 31.9. The van der Waals surface area contributed by atoms with Gasteiger partial charge in [0.25, 0.3) is 5.91 Å². The topological polar surface area (TPSA) is 78.9 Å². The van der Waals surface area contributed by atoms with Crippen LogP contribution < -0.4 is 15.0 Å². The maximum absolute atomic E-state index is 12.9. The summed E-state index contributed by atoms with van der Waals surface area (Å²) in [6.45, 7) is 4.34. The molecule has 2 aromatic rings. The van der Waals surface area contributed by atoms with Crippen molar-refractivity contribution in [3.8, 4) is 5.75 Å². The first-order chi connectivity index (χ1) is 14.3. The summed E-state index contributed by atoms with van der Waals surface area (Å²) in [4.78, 5) is 15.2. The molecule has 1 amide bonds. The highest BCUT2D eigenvalue weighted by molar-refractivity contribution is 7.89. The van der Waals surface area contributed by atoms with E-state index in [4.69, 9.17) is 4.74 Å². The fourth-order valence-electron chi connectivity index (χ4n) is 3.44. The zero-order valence-electron chi connectivity index (χ0n) is 17.7. The molecule has 3 rings (SSSR count). The van der Waals surface area contributed by atoms with Gasteiger partial charge >= 0.3 is 0 Å². The number of carbonyl (C=O) groups excluding carboxylic acids is 1. The second-order valence-electron chi connectivity index (χ2n) is 7.58. The Bertz CT molecular complexity index is 999. The summed E-state index contributed by atoms with van der Waals surface area (Å²) in [5.74, 6) is 0.446. The van der Waals surface area contributed by atoms with Crippen molar-refractivity contribution in [2.45, 2.75) is 24.7 Å². The molecule has 1 heterocycles. The Morgan fingerprint density at radius 1 is 1.13 bits per heavy atom. The molecule has 1 saturated heterocycles. The molecule has 0 aliphatic carbocycles. The Morgan fingerprint density at radius 3 is 2.53 bits per heavy atom. The quantitative estimate of drug-likeness (QED) is 0.650. The number of amides is 1. The molecule has 1 aliphatic heterocycles. The van der Waals surface area contributed by atoms with Crippen molar-refractivity contribution in [1.82, 2.24) is 9.62 Å². The summed E-state index contributed by atoms with van der Waals surface area (Å²) in [5.41, 5.74) is 2.24. The lowest BCUT2D eigenvalue weighted by atomic mass is 10.1. The normalized spacial score (nSPS) is 14.2. The van der Waals surface area contributed by atoms with Gasteiger partial charge in [-0.1, -0.05) is 12.1 Å². The van der Waals surface area contributed by atoms with Gasteiger partial charge in [0.2, 0.25) is 10.0 Å². The molecule has 0 bridgehead atoms. The Morgan fingerprint density at radius 2 is 1.87 bits per heavy atom. The van der Waals surface area contributed by atoms with E-state index in [1.54, 1.807) is 12.1 Å². The average molecular weight is 432 g/mol. The van der Waals surface area contributed by atoms with Crippen molar-refractivity contribution in [3.05, 3.63) is 53.6 Å². The maximum atomic E-state index is 12.9. The Kier molecular flexibility index (Phi) is 6.99. The van der Waals surface area contributed by atoms with Crippen LogP contribution in [-0.4, -0.2) is 59.0 Å². The predicted molar refractivity (Wildman–Crippen MR) is 118 cm³/mol. The van der Waals surface area contributed by atoms with Gasteiger partial charge in [-0.05, 0) is 55.7 Å². The van der Waals surface area contributed by atoms with Crippen LogP contribution >= 0.6 is 0 Å². The number of benzene rings is 2. The van der Waals surface area contributed by atoms with Gasteiger partial charge in [-0.2, -0.15) is 0 Å². The molecule has 0 radical (unpaired) electrons. The fraction of sp³-hybridized carbons (Fsp3) is 0.409. The van der Waals surface area contributed by atoms with Gasteiger partial charge in [0.05, 0.1) is 17.0 Å². The Balaban J connectivity index is 1.74. The minimum Gasteiger partial charge on any atom is -0.492 e. The average Bonchev–Trinajstić information content (AvgIpc) is 3.25. The maximum Gasteiger partial charge on any atom is 0.253 e. The van der Waals surface area contributed by atoms with Crippen molar-refractivity contribution >= 4 is 21.6 Å².